The van der Waals surface area contributed by atoms with Crippen LogP contribution in [-0.4, -0.2) is 35.4 Å². The average molecular weight is 351 g/mol. The zero-order valence-electron chi connectivity index (χ0n) is 13.6. The fourth-order valence-corrected chi connectivity index (χ4v) is 4.18. The lowest BCUT2D eigenvalue weighted by molar-refractivity contribution is 0.187. The summed E-state index contributed by atoms with van der Waals surface area (Å²) in [7, 11) is 3.40. The number of rotatable bonds is 5. The fraction of sp³-hybridized carbons (Fsp3) is 0.500. The molecule has 0 spiro atoms. The molecule has 1 aliphatic rings. The second kappa shape index (κ2) is 6.98. The number of benzene rings is 1. The molecule has 2 heterocycles. The Morgan fingerprint density at radius 3 is 2.83 bits per heavy atom. The molecular weight excluding hydrogens is 330 g/mol. The van der Waals surface area contributed by atoms with Crippen molar-refractivity contribution in [2.75, 3.05) is 20.8 Å². The molecule has 0 bridgehead atoms. The topological polar surface area (TPSA) is 39.5 Å². The van der Waals surface area contributed by atoms with Gasteiger partial charge in [-0.15, -0.1) is 0 Å². The predicted octanol–water partition coefficient (Wildman–Crippen LogP) is 3.79. The van der Waals surface area contributed by atoms with Crippen molar-refractivity contribution in [1.82, 2.24) is 14.7 Å². The van der Waals surface area contributed by atoms with Crippen LogP contribution in [0.2, 0.25) is 0 Å². The van der Waals surface area contributed by atoms with Crippen LogP contribution < -0.4 is 9.47 Å². The molecule has 1 aromatic carbocycles. The summed E-state index contributed by atoms with van der Waals surface area (Å²) in [4.78, 5) is 2.41. The Hall–Kier alpha value is -1.44. The second-order valence-corrected chi connectivity index (χ2v) is 7.43. The molecule has 5 nitrogen and oxygen atoms in total. The molecule has 0 amide bonds. The summed E-state index contributed by atoms with van der Waals surface area (Å²) in [5, 5.41) is 5.52. The first kappa shape index (κ1) is 16.4. The minimum absolute atomic E-state index is 0.295. The van der Waals surface area contributed by atoms with E-state index in [2.05, 4.69) is 16.1 Å². The summed E-state index contributed by atoms with van der Waals surface area (Å²) in [6, 6.07) is 6.28. The number of aromatic nitrogens is 2. The molecule has 0 unspecified atom stereocenters. The van der Waals surface area contributed by atoms with Gasteiger partial charge in [0.1, 0.15) is 16.5 Å². The molecule has 0 saturated carbocycles. The Morgan fingerprint density at radius 2 is 2.17 bits per heavy atom. The molecule has 1 atom stereocenters. The summed E-state index contributed by atoms with van der Waals surface area (Å²) in [5.41, 5.74) is 1.17. The first-order valence-electron chi connectivity index (χ1n) is 7.63. The lowest BCUT2D eigenvalue weighted by atomic mass is 10.0. The standard InChI is InChI=1S/C16H21N3O2S2/c1-11-17-19(16(22)23-11)10-18-8-4-5-14(18)13-9-12(20-2)6-7-15(13)21-3/h6-7,9,14H,4-5,8,10H2,1-3H3/t14-/m0/s1. The molecule has 1 aliphatic heterocycles. The van der Waals surface area contributed by atoms with Crippen LogP contribution in [0.25, 0.3) is 0 Å². The average Bonchev–Trinajstić information content (AvgIpc) is 3.13. The molecule has 1 saturated heterocycles. The number of aryl methyl sites for hydroxylation is 1. The van der Waals surface area contributed by atoms with Crippen LogP contribution in [0.4, 0.5) is 0 Å². The van der Waals surface area contributed by atoms with Gasteiger partial charge in [0.2, 0.25) is 0 Å². The zero-order valence-corrected chi connectivity index (χ0v) is 15.2. The second-order valence-electron chi connectivity index (χ2n) is 5.61. The predicted molar refractivity (Wildman–Crippen MR) is 93.9 cm³/mol. The highest BCUT2D eigenvalue weighted by molar-refractivity contribution is 7.73. The lowest BCUT2D eigenvalue weighted by Crippen LogP contribution is -2.27. The number of ether oxygens (including phenoxy) is 2. The van der Waals surface area contributed by atoms with E-state index in [-0.39, 0.29) is 0 Å². The summed E-state index contributed by atoms with van der Waals surface area (Å²) in [6.45, 7) is 3.74. The highest BCUT2D eigenvalue weighted by Gasteiger charge is 2.29. The van der Waals surface area contributed by atoms with Crippen LogP contribution >= 0.6 is 23.6 Å². The molecule has 124 valence electrons. The molecule has 1 fully saturated rings. The number of hydrogen-bond donors (Lipinski definition) is 0. The van der Waals surface area contributed by atoms with Crippen molar-refractivity contribution in [2.45, 2.75) is 32.5 Å². The first-order valence-corrected chi connectivity index (χ1v) is 8.85. The van der Waals surface area contributed by atoms with Crippen molar-refractivity contribution < 1.29 is 9.47 Å². The Kier molecular flexibility index (Phi) is 4.99. The van der Waals surface area contributed by atoms with Gasteiger partial charge in [-0.2, -0.15) is 5.10 Å². The monoisotopic (exact) mass is 351 g/mol. The van der Waals surface area contributed by atoms with Gasteiger partial charge < -0.3 is 9.47 Å². The van der Waals surface area contributed by atoms with Crippen molar-refractivity contribution in [2.24, 2.45) is 0 Å². The third kappa shape index (κ3) is 3.41. The third-order valence-electron chi connectivity index (χ3n) is 4.18. The Bertz CT molecular complexity index is 741. The van der Waals surface area contributed by atoms with Gasteiger partial charge in [-0.1, -0.05) is 11.3 Å². The first-order chi connectivity index (χ1) is 11.1. The Balaban J connectivity index is 1.89. The van der Waals surface area contributed by atoms with E-state index in [9.17, 15) is 0 Å². The van der Waals surface area contributed by atoms with Gasteiger partial charge >= 0.3 is 0 Å². The smallest absolute Gasteiger partial charge is 0.180 e. The van der Waals surface area contributed by atoms with Crippen LogP contribution in [0, 0.1) is 10.9 Å². The normalized spacial score (nSPS) is 18.3. The number of nitrogens with zero attached hydrogens (tertiary/aromatic N) is 3. The van der Waals surface area contributed by atoms with Crippen LogP contribution in [0.1, 0.15) is 29.5 Å². The van der Waals surface area contributed by atoms with Gasteiger partial charge in [-0.3, -0.25) is 4.90 Å². The maximum absolute atomic E-state index is 5.56. The SMILES string of the molecule is COc1ccc(OC)c([C@@H]2CCCN2Cn2nc(C)sc2=S)c1. The fourth-order valence-electron chi connectivity index (χ4n) is 3.12. The molecule has 0 aliphatic carbocycles. The van der Waals surface area contributed by atoms with Gasteiger partial charge in [0.15, 0.2) is 3.95 Å². The van der Waals surface area contributed by atoms with E-state index in [1.54, 1.807) is 25.6 Å². The van der Waals surface area contributed by atoms with Crippen molar-refractivity contribution in [3.05, 3.63) is 32.7 Å². The van der Waals surface area contributed by atoms with E-state index in [1.165, 1.54) is 5.56 Å². The third-order valence-corrected chi connectivity index (χ3v) is 5.41. The van der Waals surface area contributed by atoms with E-state index in [4.69, 9.17) is 21.7 Å². The van der Waals surface area contributed by atoms with E-state index < -0.39 is 0 Å². The van der Waals surface area contributed by atoms with E-state index in [0.717, 1.165) is 39.8 Å². The van der Waals surface area contributed by atoms with Crippen LogP contribution in [0.3, 0.4) is 0 Å². The summed E-state index contributed by atoms with van der Waals surface area (Å²) < 4.78 is 13.7. The maximum atomic E-state index is 5.56. The largest absolute Gasteiger partial charge is 0.497 e. The molecule has 2 aromatic rings. The summed E-state index contributed by atoms with van der Waals surface area (Å²) >= 11 is 6.96. The van der Waals surface area contributed by atoms with Crippen LogP contribution in [0.5, 0.6) is 11.5 Å². The van der Waals surface area contributed by atoms with Crippen molar-refractivity contribution in [1.29, 1.82) is 0 Å². The maximum Gasteiger partial charge on any atom is 0.180 e. The van der Waals surface area contributed by atoms with Gasteiger partial charge in [0.25, 0.3) is 0 Å². The molecular formula is C16H21N3O2S2. The van der Waals surface area contributed by atoms with Gasteiger partial charge in [-0.05, 0) is 50.2 Å². The number of likely N-dealkylation sites (tertiary alicyclic amines) is 1. The lowest BCUT2D eigenvalue weighted by Gasteiger charge is -2.26. The Labute approximate surface area is 145 Å². The summed E-state index contributed by atoms with van der Waals surface area (Å²) in [5.74, 6) is 1.76. The quantitative estimate of drug-likeness (QED) is 0.766. The zero-order chi connectivity index (χ0) is 16.4. The molecule has 0 radical (unpaired) electrons. The van der Waals surface area contributed by atoms with E-state index in [0.29, 0.717) is 12.7 Å². The molecule has 0 N–H and O–H groups in total. The molecule has 3 rings (SSSR count). The van der Waals surface area contributed by atoms with Gasteiger partial charge in [0.05, 0.1) is 20.9 Å². The van der Waals surface area contributed by atoms with E-state index >= 15 is 0 Å². The van der Waals surface area contributed by atoms with Crippen LogP contribution in [0.15, 0.2) is 18.2 Å². The minimum atomic E-state index is 0.295. The summed E-state index contributed by atoms with van der Waals surface area (Å²) in [6.07, 6.45) is 2.25. The van der Waals surface area contributed by atoms with Crippen molar-refractivity contribution in [3.8, 4) is 11.5 Å². The highest BCUT2D eigenvalue weighted by atomic mass is 32.1. The van der Waals surface area contributed by atoms with Crippen molar-refractivity contribution in [3.63, 3.8) is 0 Å². The highest BCUT2D eigenvalue weighted by Crippen LogP contribution is 2.39. The van der Waals surface area contributed by atoms with Gasteiger partial charge in [-0.25, -0.2) is 4.68 Å². The van der Waals surface area contributed by atoms with Crippen LogP contribution in [-0.2, 0) is 6.67 Å². The molecule has 1 aromatic heterocycles. The van der Waals surface area contributed by atoms with Crippen molar-refractivity contribution >= 4 is 23.6 Å². The minimum Gasteiger partial charge on any atom is -0.497 e. The van der Waals surface area contributed by atoms with E-state index in [1.807, 2.05) is 23.7 Å². The Morgan fingerprint density at radius 1 is 1.35 bits per heavy atom. The molecule has 23 heavy (non-hydrogen) atoms. The van der Waals surface area contributed by atoms with Gasteiger partial charge in [0, 0.05) is 18.2 Å². The number of hydrogen-bond acceptors (Lipinski definition) is 6. The number of methoxy groups -OCH3 is 2. The molecule has 7 heteroatoms.